The third kappa shape index (κ3) is 2.65. The highest BCUT2D eigenvalue weighted by Gasteiger charge is 2.23. The zero-order valence-corrected chi connectivity index (χ0v) is 11.7. The maximum absolute atomic E-state index is 12.6. The molecule has 0 saturated heterocycles. The second-order valence-electron chi connectivity index (χ2n) is 4.09. The molecule has 0 radical (unpaired) electrons. The van der Waals surface area contributed by atoms with E-state index in [-0.39, 0.29) is 4.90 Å². The molecule has 0 atom stereocenters. The molecule has 2 rings (SSSR count). The van der Waals surface area contributed by atoms with E-state index in [1.54, 1.807) is 42.5 Å². The maximum atomic E-state index is 12.6. The van der Waals surface area contributed by atoms with Crippen LogP contribution in [0.4, 0.5) is 5.69 Å². The van der Waals surface area contributed by atoms with Gasteiger partial charge in [-0.1, -0.05) is 41.6 Å². The summed E-state index contributed by atoms with van der Waals surface area (Å²) >= 11 is 0. The summed E-state index contributed by atoms with van der Waals surface area (Å²) in [5.74, 6) is 0. The topological polar surface area (TPSA) is 70.0 Å². The molecule has 0 aromatic heterocycles. The highest BCUT2D eigenvalue weighted by molar-refractivity contribution is 7.92. The van der Waals surface area contributed by atoms with Crippen LogP contribution in [-0.2, 0) is 10.0 Å². The van der Waals surface area contributed by atoms with Gasteiger partial charge in [0.15, 0.2) is 0 Å². The number of nitrogens with zero attached hydrogens (tertiary/aromatic N) is 2. The van der Waals surface area contributed by atoms with E-state index in [1.165, 1.54) is 17.4 Å². The fourth-order valence-electron chi connectivity index (χ4n) is 1.81. The average Bonchev–Trinajstić information content (AvgIpc) is 2.48. The Hall–Kier alpha value is -2.34. The SMILES string of the molecule is CN(c1ccccc1)S(=O)(=O)c1ccccc1C=NO. The molecule has 0 fully saturated rings. The summed E-state index contributed by atoms with van der Waals surface area (Å²) < 4.78 is 26.4. The van der Waals surface area contributed by atoms with E-state index >= 15 is 0 Å². The van der Waals surface area contributed by atoms with Crippen molar-refractivity contribution in [2.45, 2.75) is 4.90 Å². The summed E-state index contributed by atoms with van der Waals surface area (Å²) in [6.45, 7) is 0. The fraction of sp³-hybridized carbons (Fsp3) is 0.0714. The molecule has 0 unspecified atom stereocenters. The van der Waals surface area contributed by atoms with Crippen LogP contribution in [0.1, 0.15) is 5.56 Å². The fourth-order valence-corrected chi connectivity index (χ4v) is 3.17. The zero-order valence-electron chi connectivity index (χ0n) is 10.8. The number of hydrogen-bond acceptors (Lipinski definition) is 4. The molecule has 20 heavy (non-hydrogen) atoms. The van der Waals surface area contributed by atoms with Gasteiger partial charge in [-0.15, -0.1) is 0 Å². The molecule has 5 nitrogen and oxygen atoms in total. The molecule has 0 amide bonds. The first kappa shape index (κ1) is 14.1. The van der Waals surface area contributed by atoms with Crippen LogP contribution >= 0.6 is 0 Å². The summed E-state index contributed by atoms with van der Waals surface area (Å²) in [5.41, 5.74) is 0.890. The highest BCUT2D eigenvalue weighted by atomic mass is 32.2. The number of hydrogen-bond donors (Lipinski definition) is 1. The molecule has 0 aliphatic rings. The Balaban J connectivity index is 2.51. The molecule has 2 aromatic carbocycles. The minimum atomic E-state index is -3.71. The number of sulfonamides is 1. The van der Waals surface area contributed by atoms with Crippen LogP contribution in [0, 0.1) is 0 Å². The van der Waals surface area contributed by atoms with Crippen molar-refractivity contribution in [1.29, 1.82) is 0 Å². The van der Waals surface area contributed by atoms with Gasteiger partial charge in [-0.3, -0.25) is 4.31 Å². The average molecular weight is 290 g/mol. The quantitative estimate of drug-likeness (QED) is 0.533. The van der Waals surface area contributed by atoms with Gasteiger partial charge in [0, 0.05) is 12.6 Å². The van der Waals surface area contributed by atoms with Crippen molar-refractivity contribution >= 4 is 21.9 Å². The Morgan fingerprint density at radius 3 is 2.30 bits per heavy atom. The van der Waals surface area contributed by atoms with Crippen LogP contribution in [0.15, 0.2) is 64.6 Å². The van der Waals surface area contributed by atoms with E-state index in [4.69, 9.17) is 5.21 Å². The first-order chi connectivity index (χ1) is 9.57. The van der Waals surface area contributed by atoms with E-state index in [1.807, 2.05) is 6.07 Å². The lowest BCUT2D eigenvalue weighted by Gasteiger charge is -2.20. The Morgan fingerprint density at radius 2 is 1.65 bits per heavy atom. The summed E-state index contributed by atoms with van der Waals surface area (Å²) in [7, 11) is -2.23. The number of benzene rings is 2. The number of anilines is 1. The molecule has 0 heterocycles. The third-order valence-corrected chi connectivity index (χ3v) is 4.73. The molecule has 1 N–H and O–H groups in total. The van der Waals surface area contributed by atoms with Crippen LogP contribution in [0.25, 0.3) is 0 Å². The largest absolute Gasteiger partial charge is 0.411 e. The van der Waals surface area contributed by atoms with Crippen molar-refractivity contribution in [3.63, 3.8) is 0 Å². The number of rotatable bonds is 4. The third-order valence-electron chi connectivity index (χ3n) is 2.87. The lowest BCUT2D eigenvalue weighted by Crippen LogP contribution is -2.27. The molecule has 0 aliphatic heterocycles. The van der Waals surface area contributed by atoms with Gasteiger partial charge in [0.1, 0.15) is 0 Å². The van der Waals surface area contributed by atoms with E-state index in [2.05, 4.69) is 5.16 Å². The molecule has 2 aromatic rings. The lowest BCUT2D eigenvalue weighted by molar-refractivity contribution is 0.321. The first-order valence-electron chi connectivity index (χ1n) is 5.88. The van der Waals surface area contributed by atoms with Gasteiger partial charge in [-0.05, 0) is 18.2 Å². The van der Waals surface area contributed by atoms with Gasteiger partial charge < -0.3 is 5.21 Å². The Kier molecular flexibility index (Phi) is 4.05. The van der Waals surface area contributed by atoms with E-state index in [0.29, 0.717) is 11.3 Å². The normalized spacial score (nSPS) is 11.7. The molecule has 0 saturated carbocycles. The number of oxime groups is 1. The number of para-hydroxylation sites is 1. The smallest absolute Gasteiger partial charge is 0.264 e. The van der Waals surface area contributed by atoms with Crippen molar-refractivity contribution < 1.29 is 13.6 Å². The van der Waals surface area contributed by atoms with E-state index in [9.17, 15) is 8.42 Å². The Bertz CT molecular complexity index is 712. The van der Waals surface area contributed by atoms with Crippen LogP contribution in [0.3, 0.4) is 0 Å². The second kappa shape index (κ2) is 5.75. The van der Waals surface area contributed by atoms with E-state index in [0.717, 1.165) is 6.21 Å². The Labute approximate surface area is 117 Å². The van der Waals surface area contributed by atoms with E-state index < -0.39 is 10.0 Å². The van der Waals surface area contributed by atoms with Gasteiger partial charge >= 0.3 is 0 Å². The van der Waals surface area contributed by atoms with Crippen LogP contribution in [0.2, 0.25) is 0 Å². The van der Waals surface area contributed by atoms with Gasteiger partial charge in [0.25, 0.3) is 10.0 Å². The van der Waals surface area contributed by atoms with Crippen LogP contribution in [-0.4, -0.2) is 26.9 Å². The summed E-state index contributed by atoms with van der Waals surface area (Å²) in [4.78, 5) is 0.0872. The molecule has 0 aliphatic carbocycles. The van der Waals surface area contributed by atoms with Crippen molar-refractivity contribution in [1.82, 2.24) is 0 Å². The molecular formula is C14H14N2O3S. The van der Waals surface area contributed by atoms with Crippen molar-refractivity contribution in [2.75, 3.05) is 11.4 Å². The minimum Gasteiger partial charge on any atom is -0.411 e. The zero-order chi connectivity index (χ0) is 14.6. The van der Waals surface area contributed by atoms with Gasteiger partial charge in [0.05, 0.1) is 16.8 Å². The lowest BCUT2D eigenvalue weighted by atomic mass is 10.2. The van der Waals surface area contributed by atoms with Crippen molar-refractivity contribution in [2.24, 2.45) is 5.16 Å². The summed E-state index contributed by atoms with van der Waals surface area (Å²) in [6.07, 6.45) is 1.10. The molecule has 0 spiro atoms. The summed E-state index contributed by atoms with van der Waals surface area (Å²) in [5, 5.41) is 11.5. The molecule has 104 valence electrons. The maximum Gasteiger partial charge on any atom is 0.264 e. The van der Waals surface area contributed by atoms with Crippen molar-refractivity contribution in [3.8, 4) is 0 Å². The Morgan fingerprint density at radius 1 is 1.05 bits per heavy atom. The predicted molar refractivity (Wildman–Crippen MR) is 77.9 cm³/mol. The molecule has 6 heteroatoms. The van der Waals surface area contributed by atoms with Crippen LogP contribution in [0.5, 0.6) is 0 Å². The predicted octanol–water partition coefficient (Wildman–Crippen LogP) is 2.32. The van der Waals surface area contributed by atoms with Gasteiger partial charge in [0.2, 0.25) is 0 Å². The van der Waals surface area contributed by atoms with Crippen LogP contribution < -0.4 is 4.31 Å². The van der Waals surface area contributed by atoms with Gasteiger partial charge in [-0.25, -0.2) is 8.42 Å². The molecular weight excluding hydrogens is 276 g/mol. The van der Waals surface area contributed by atoms with Crippen molar-refractivity contribution in [3.05, 3.63) is 60.2 Å². The first-order valence-corrected chi connectivity index (χ1v) is 7.32. The second-order valence-corrected chi connectivity index (χ2v) is 6.03. The minimum absolute atomic E-state index is 0.0872. The van der Waals surface area contributed by atoms with Gasteiger partial charge in [-0.2, -0.15) is 0 Å². The monoisotopic (exact) mass is 290 g/mol. The highest BCUT2D eigenvalue weighted by Crippen LogP contribution is 2.23. The summed E-state index contributed by atoms with van der Waals surface area (Å²) in [6, 6.07) is 15.1. The standard InChI is InChI=1S/C14H14N2O3S/c1-16(13-8-3-2-4-9-13)20(18,19)14-10-6-5-7-12(14)11-15-17/h2-11,17H,1H3. The molecule has 0 bridgehead atoms.